The Kier molecular flexibility index (Phi) is 11.2. The molecule has 0 radical (unpaired) electrons. The van der Waals surface area contributed by atoms with E-state index in [2.05, 4.69) is 11.9 Å². The Morgan fingerprint density at radius 1 is 1.03 bits per heavy atom. The molecule has 2 aliphatic heterocycles. The van der Waals surface area contributed by atoms with E-state index in [0.717, 1.165) is 5.56 Å². The SMILES string of the molecule is C=CC1C[C@]1(NC(=O)[C@@H]1CC(Oc2cc(-c3ccccc3)nc3cc(OC)ccc23)CN1C(=O)[C@@H](CC(=O)OC(C)(C)C)C1CO1)C(=O)CS(=O)(=O)c1ccccc1. The zero-order chi connectivity index (χ0) is 41.4. The Labute approximate surface area is 337 Å². The highest BCUT2D eigenvalue weighted by molar-refractivity contribution is 7.92. The molecule has 7 rings (SSSR count). The molecule has 1 N–H and O–H groups in total. The number of likely N-dealkylation sites (tertiary alicyclic amines) is 1. The largest absolute Gasteiger partial charge is 0.497 e. The van der Waals surface area contributed by atoms with Crippen molar-refractivity contribution in [3.63, 3.8) is 0 Å². The van der Waals surface area contributed by atoms with E-state index >= 15 is 0 Å². The van der Waals surface area contributed by atoms with E-state index < -0.39 is 80.4 Å². The van der Waals surface area contributed by atoms with Crippen molar-refractivity contribution in [3.05, 3.63) is 97.6 Å². The van der Waals surface area contributed by atoms with E-state index in [1.54, 1.807) is 58.2 Å². The summed E-state index contributed by atoms with van der Waals surface area (Å²) in [7, 11) is -2.47. The first kappa shape index (κ1) is 40.6. The van der Waals surface area contributed by atoms with Crippen LogP contribution in [0.1, 0.15) is 40.0 Å². The summed E-state index contributed by atoms with van der Waals surface area (Å²) < 4.78 is 49.8. The number of epoxide rings is 1. The third kappa shape index (κ3) is 8.77. The van der Waals surface area contributed by atoms with Crippen LogP contribution in [0, 0.1) is 11.8 Å². The van der Waals surface area contributed by atoms with E-state index in [0.29, 0.717) is 28.1 Å². The van der Waals surface area contributed by atoms with E-state index in [9.17, 15) is 27.6 Å². The summed E-state index contributed by atoms with van der Waals surface area (Å²) in [5, 5.41) is 3.54. The van der Waals surface area contributed by atoms with Gasteiger partial charge in [0, 0.05) is 35.4 Å². The number of Topliss-reactive ketones (excluding diaryl/α,β-unsaturated/α-hetero) is 1. The predicted octanol–water partition coefficient (Wildman–Crippen LogP) is 5.11. The number of nitrogens with zero attached hydrogens (tertiary/aromatic N) is 2. The maximum atomic E-state index is 14.6. The number of ether oxygens (including phenoxy) is 4. The van der Waals surface area contributed by atoms with Crippen molar-refractivity contribution in [1.82, 2.24) is 15.2 Å². The second kappa shape index (κ2) is 16.0. The van der Waals surface area contributed by atoms with Crippen LogP contribution in [0.2, 0.25) is 0 Å². The molecule has 3 heterocycles. The maximum absolute atomic E-state index is 14.6. The third-order valence-electron chi connectivity index (χ3n) is 10.7. The van der Waals surface area contributed by atoms with Crippen molar-refractivity contribution >= 4 is 44.3 Å². The second-order valence-electron chi connectivity index (χ2n) is 16.0. The van der Waals surface area contributed by atoms with Gasteiger partial charge < -0.3 is 29.2 Å². The molecular formula is C44H47N3O10S. The van der Waals surface area contributed by atoms with Gasteiger partial charge in [-0.25, -0.2) is 13.4 Å². The maximum Gasteiger partial charge on any atom is 0.307 e. The monoisotopic (exact) mass is 809 g/mol. The number of carbonyl (C=O) groups is 4. The number of amides is 2. The molecule has 3 aliphatic rings. The predicted molar refractivity (Wildman–Crippen MR) is 215 cm³/mol. The molecule has 0 bridgehead atoms. The van der Waals surface area contributed by atoms with Gasteiger partial charge in [-0.3, -0.25) is 19.2 Å². The number of methoxy groups -OCH3 is 1. The Bertz CT molecular complexity index is 2340. The second-order valence-corrected chi connectivity index (χ2v) is 18.0. The number of pyridine rings is 1. The van der Waals surface area contributed by atoms with Crippen LogP contribution in [0.4, 0.5) is 0 Å². The van der Waals surface area contributed by atoms with Gasteiger partial charge in [-0.15, -0.1) is 6.58 Å². The molecule has 1 aliphatic carbocycles. The minimum absolute atomic E-state index is 0.0102. The summed E-state index contributed by atoms with van der Waals surface area (Å²) in [6.07, 6.45) is 0.143. The standard InChI is InChI=1S/C44H47N3O10S/c1-6-28-23-44(28,39(48)26-58(52,53)31-15-11-8-12-16-31)46-41(50)36-20-30(24-47(36)42(51)33(38-25-55-38)21-40(49)57-43(2,3)4)56-37-22-34(27-13-9-7-10-14-27)45-35-19-29(54-5)17-18-32(35)37/h6-19,22,28,30,33,36,38H,1,20-21,23-26H2,2-5H3,(H,46,50)/t28?,30?,33-,36-,38?,44+/m0/s1. The fourth-order valence-corrected chi connectivity index (χ4v) is 8.92. The van der Waals surface area contributed by atoms with Gasteiger partial charge >= 0.3 is 5.97 Å². The molecule has 1 aromatic heterocycles. The van der Waals surface area contributed by atoms with Crippen molar-refractivity contribution in [2.75, 3.05) is 26.0 Å². The Balaban J connectivity index is 1.20. The minimum Gasteiger partial charge on any atom is -0.497 e. The Morgan fingerprint density at radius 3 is 2.34 bits per heavy atom. The average molecular weight is 810 g/mol. The normalized spacial score (nSPS) is 23.1. The molecule has 1 saturated carbocycles. The molecular weight excluding hydrogens is 763 g/mol. The van der Waals surface area contributed by atoms with Gasteiger partial charge in [-0.2, -0.15) is 0 Å². The Morgan fingerprint density at radius 2 is 1.72 bits per heavy atom. The number of esters is 1. The highest BCUT2D eigenvalue weighted by atomic mass is 32.2. The summed E-state index contributed by atoms with van der Waals surface area (Å²) in [5.74, 6) is -3.67. The smallest absolute Gasteiger partial charge is 0.307 e. The number of sulfone groups is 1. The summed E-state index contributed by atoms with van der Waals surface area (Å²) >= 11 is 0. The van der Waals surface area contributed by atoms with Gasteiger partial charge in [-0.05, 0) is 51.5 Å². The van der Waals surface area contributed by atoms with Crippen LogP contribution < -0.4 is 14.8 Å². The van der Waals surface area contributed by atoms with Crippen LogP contribution in [0.5, 0.6) is 11.5 Å². The number of aromatic nitrogens is 1. The van der Waals surface area contributed by atoms with Crippen LogP contribution >= 0.6 is 0 Å². The lowest BCUT2D eigenvalue weighted by molar-refractivity contribution is -0.159. The lowest BCUT2D eigenvalue weighted by Gasteiger charge is -2.29. The van der Waals surface area contributed by atoms with Gasteiger partial charge in [0.25, 0.3) is 0 Å². The van der Waals surface area contributed by atoms with Gasteiger partial charge in [-0.1, -0.05) is 54.6 Å². The van der Waals surface area contributed by atoms with Crippen LogP contribution in [0.15, 0.2) is 102 Å². The lowest BCUT2D eigenvalue weighted by atomic mass is 9.99. The van der Waals surface area contributed by atoms with Crippen LogP contribution in [-0.4, -0.2) is 97.3 Å². The van der Waals surface area contributed by atoms with Crippen LogP contribution in [0.25, 0.3) is 22.2 Å². The van der Waals surface area contributed by atoms with Gasteiger partial charge in [0.2, 0.25) is 11.8 Å². The fourth-order valence-electron chi connectivity index (χ4n) is 7.58. The quantitative estimate of drug-likeness (QED) is 0.0962. The molecule has 6 atom stereocenters. The molecule has 4 aromatic rings. The average Bonchev–Trinajstić information content (AvgIpc) is 4.12. The highest BCUT2D eigenvalue weighted by Gasteiger charge is 2.61. The Hall–Kier alpha value is -5.60. The summed E-state index contributed by atoms with van der Waals surface area (Å²) in [5.41, 5.74) is -0.239. The molecule has 13 nitrogen and oxygen atoms in total. The molecule has 3 fully saturated rings. The zero-order valence-electron chi connectivity index (χ0n) is 32.9. The first-order chi connectivity index (χ1) is 27.6. The lowest BCUT2D eigenvalue weighted by Crippen LogP contribution is -2.55. The van der Waals surface area contributed by atoms with E-state index in [1.165, 1.54) is 23.1 Å². The highest BCUT2D eigenvalue weighted by Crippen LogP contribution is 2.46. The molecule has 3 aromatic carbocycles. The molecule has 2 saturated heterocycles. The number of hydrogen-bond donors (Lipinski definition) is 1. The summed E-state index contributed by atoms with van der Waals surface area (Å²) in [6, 6.07) is 23.3. The summed E-state index contributed by atoms with van der Waals surface area (Å²) in [6.45, 7) is 9.24. The van der Waals surface area contributed by atoms with Crippen molar-refractivity contribution in [3.8, 4) is 22.8 Å². The molecule has 304 valence electrons. The number of rotatable bonds is 15. The first-order valence-electron chi connectivity index (χ1n) is 19.2. The summed E-state index contributed by atoms with van der Waals surface area (Å²) in [4.78, 5) is 62.3. The number of ketones is 1. The van der Waals surface area contributed by atoms with Gasteiger partial charge in [0.1, 0.15) is 40.5 Å². The van der Waals surface area contributed by atoms with E-state index in [4.69, 9.17) is 23.9 Å². The zero-order valence-corrected chi connectivity index (χ0v) is 33.7. The van der Waals surface area contributed by atoms with Gasteiger partial charge in [0.15, 0.2) is 15.6 Å². The first-order valence-corrected chi connectivity index (χ1v) is 20.9. The molecule has 0 spiro atoms. The van der Waals surface area contributed by atoms with E-state index in [-0.39, 0.29) is 37.3 Å². The number of nitrogens with one attached hydrogen (secondary N) is 1. The topological polar surface area (TPSA) is 171 Å². The fraction of sp³-hybridized carbons (Fsp3) is 0.386. The van der Waals surface area contributed by atoms with Crippen molar-refractivity contribution < 1.29 is 46.5 Å². The molecule has 14 heteroatoms. The van der Waals surface area contributed by atoms with Crippen LogP contribution in [-0.2, 0) is 38.5 Å². The third-order valence-corrected chi connectivity index (χ3v) is 12.3. The van der Waals surface area contributed by atoms with Crippen molar-refractivity contribution in [2.24, 2.45) is 11.8 Å². The number of hydrogen-bond acceptors (Lipinski definition) is 11. The number of benzene rings is 3. The number of fused-ring (bicyclic) bond motifs is 1. The molecule has 58 heavy (non-hydrogen) atoms. The van der Waals surface area contributed by atoms with Crippen molar-refractivity contribution in [1.29, 1.82) is 0 Å². The van der Waals surface area contributed by atoms with E-state index in [1.807, 2.05) is 42.5 Å². The van der Waals surface area contributed by atoms with Crippen molar-refractivity contribution in [2.45, 2.75) is 74.3 Å². The number of carbonyl (C=O) groups excluding carboxylic acids is 4. The molecule has 3 unspecified atom stereocenters. The minimum atomic E-state index is -4.03. The van der Waals surface area contributed by atoms with Crippen LogP contribution in [0.3, 0.4) is 0 Å². The van der Waals surface area contributed by atoms with Gasteiger partial charge in [0.05, 0.1) is 54.8 Å². The molecule has 2 amide bonds.